The van der Waals surface area contributed by atoms with Gasteiger partial charge in [-0.2, -0.15) is 0 Å². The molecule has 3 aromatic rings. The maximum Gasteiger partial charge on any atom is 0.138 e. The highest BCUT2D eigenvalue weighted by Gasteiger charge is 2.28. The van der Waals surface area contributed by atoms with E-state index >= 15 is 0 Å². The Morgan fingerprint density at radius 2 is 0.900 bits per heavy atom. The molecule has 0 aliphatic carbocycles. The fraction of sp³-hybridized carbons (Fsp3) is 0.500. The van der Waals surface area contributed by atoms with Crippen LogP contribution in [0.4, 0.5) is 5.69 Å². The monoisotopic (exact) mass is 545 g/mol. The molecule has 0 aromatic heterocycles. The molecule has 3 N–H and O–H groups in total. The first-order valence-corrected chi connectivity index (χ1v) is 14.4. The van der Waals surface area contributed by atoms with E-state index in [1.165, 1.54) is 0 Å². The molecule has 0 fully saturated rings. The van der Waals surface area contributed by atoms with Gasteiger partial charge >= 0.3 is 0 Å². The first kappa shape index (κ1) is 31.4. The van der Waals surface area contributed by atoms with E-state index in [0.717, 1.165) is 33.4 Å². The summed E-state index contributed by atoms with van der Waals surface area (Å²) in [5.74, 6) is 0.723. The number of hydrogen-bond donors (Lipinski definition) is 3. The molecule has 3 rings (SSSR count). The van der Waals surface area contributed by atoms with Crippen LogP contribution in [0.1, 0.15) is 116 Å². The highest BCUT2D eigenvalue weighted by Crippen LogP contribution is 2.42. The standard InChI is InChI=1S/C36H51NO3/c1-33(2,3)25-17-23(31(39)27(19-25)35(7,8)9)21-37(29-15-13-14-16-30(29)38)22-24-18-26(34(4,5)6)20-28(32(24)40)36(10,11)12/h13-20,38-40H,21-22H2,1-12H3. The molecular weight excluding hydrogens is 494 g/mol. The van der Waals surface area contributed by atoms with Crippen LogP contribution >= 0.6 is 0 Å². The number of phenolic OH excluding ortho intramolecular Hbond substituents is 3. The number of hydrogen-bond acceptors (Lipinski definition) is 4. The third kappa shape index (κ3) is 6.95. The Labute approximate surface area is 242 Å². The van der Waals surface area contributed by atoms with Gasteiger partial charge in [0.1, 0.15) is 17.2 Å². The minimum absolute atomic E-state index is 0.108. The fourth-order valence-electron chi connectivity index (χ4n) is 5.01. The van der Waals surface area contributed by atoms with E-state index in [1.54, 1.807) is 6.07 Å². The SMILES string of the molecule is CC(C)(C)c1cc(CN(Cc2cc(C(C)(C)C)cc(C(C)(C)C)c2O)c2ccccc2O)c(O)c(C(C)(C)C)c1. The molecule has 0 saturated heterocycles. The van der Waals surface area contributed by atoms with Gasteiger partial charge in [0.2, 0.25) is 0 Å². The van der Waals surface area contributed by atoms with Crippen LogP contribution in [0.25, 0.3) is 0 Å². The summed E-state index contributed by atoms with van der Waals surface area (Å²) in [7, 11) is 0. The fourth-order valence-corrected chi connectivity index (χ4v) is 5.01. The van der Waals surface area contributed by atoms with Crippen LogP contribution in [0.5, 0.6) is 17.2 Å². The van der Waals surface area contributed by atoms with Crippen LogP contribution in [0, 0.1) is 0 Å². The average Bonchev–Trinajstić information content (AvgIpc) is 2.78. The molecule has 4 heteroatoms. The number of rotatable bonds is 5. The van der Waals surface area contributed by atoms with Gasteiger partial charge in [0.15, 0.2) is 0 Å². The van der Waals surface area contributed by atoms with Gasteiger partial charge < -0.3 is 20.2 Å². The molecule has 0 aliphatic rings. The maximum atomic E-state index is 11.6. The van der Waals surface area contributed by atoms with Gasteiger partial charge in [-0.1, -0.05) is 107 Å². The van der Waals surface area contributed by atoms with Gasteiger partial charge in [-0.3, -0.25) is 0 Å². The number of nitrogens with zero attached hydrogens (tertiary/aromatic N) is 1. The van der Waals surface area contributed by atoms with Crippen LogP contribution in [0.2, 0.25) is 0 Å². The van der Waals surface area contributed by atoms with Gasteiger partial charge in [-0.05, 0) is 68.2 Å². The Hall–Kier alpha value is -3.14. The van der Waals surface area contributed by atoms with Crippen LogP contribution < -0.4 is 4.90 Å². The lowest BCUT2D eigenvalue weighted by molar-refractivity contribution is 0.433. The third-order valence-electron chi connectivity index (χ3n) is 7.67. The number of para-hydroxylation sites is 2. The summed E-state index contributed by atoms with van der Waals surface area (Å²) in [6.07, 6.45) is 0. The average molecular weight is 546 g/mol. The van der Waals surface area contributed by atoms with Crippen molar-refractivity contribution in [2.75, 3.05) is 4.90 Å². The Balaban J connectivity index is 2.26. The van der Waals surface area contributed by atoms with Crippen molar-refractivity contribution in [2.45, 2.75) is 118 Å². The van der Waals surface area contributed by atoms with E-state index in [1.807, 2.05) is 18.2 Å². The molecule has 0 saturated carbocycles. The molecule has 0 heterocycles. The van der Waals surface area contributed by atoms with Crippen molar-refractivity contribution >= 4 is 5.69 Å². The quantitative estimate of drug-likeness (QED) is 0.299. The Morgan fingerprint density at radius 1 is 0.525 bits per heavy atom. The number of phenols is 3. The summed E-state index contributed by atoms with van der Waals surface area (Å²) in [4.78, 5) is 2.05. The minimum atomic E-state index is -0.249. The summed E-state index contributed by atoms with van der Waals surface area (Å²) in [6.45, 7) is 26.5. The lowest BCUT2D eigenvalue weighted by Gasteiger charge is -2.32. The van der Waals surface area contributed by atoms with E-state index in [-0.39, 0.29) is 38.9 Å². The Kier molecular flexibility index (Phi) is 8.39. The largest absolute Gasteiger partial charge is 0.507 e. The second kappa shape index (κ2) is 10.7. The number of anilines is 1. The number of benzene rings is 3. The third-order valence-corrected chi connectivity index (χ3v) is 7.67. The molecular formula is C36H51NO3. The second-order valence-electron chi connectivity index (χ2n) is 15.4. The van der Waals surface area contributed by atoms with Crippen LogP contribution in [0.15, 0.2) is 48.5 Å². The summed E-state index contributed by atoms with van der Waals surface area (Å²) >= 11 is 0. The summed E-state index contributed by atoms with van der Waals surface area (Å²) < 4.78 is 0. The normalized spacial score (nSPS) is 13.0. The molecule has 4 nitrogen and oxygen atoms in total. The molecule has 0 bridgehead atoms. The summed E-state index contributed by atoms with van der Waals surface area (Å²) in [5, 5.41) is 34.1. The molecule has 0 atom stereocenters. The van der Waals surface area contributed by atoms with Crippen molar-refractivity contribution in [3.05, 3.63) is 81.9 Å². The lowest BCUT2D eigenvalue weighted by Crippen LogP contribution is -2.25. The first-order chi connectivity index (χ1) is 18.1. The van der Waals surface area contributed by atoms with Gasteiger partial charge in [0.05, 0.1) is 5.69 Å². The zero-order valence-corrected chi connectivity index (χ0v) is 26.8. The van der Waals surface area contributed by atoms with E-state index < -0.39 is 0 Å². The van der Waals surface area contributed by atoms with Crippen molar-refractivity contribution in [2.24, 2.45) is 0 Å². The van der Waals surface area contributed by atoms with Gasteiger partial charge in [-0.15, -0.1) is 0 Å². The van der Waals surface area contributed by atoms with E-state index in [9.17, 15) is 15.3 Å². The minimum Gasteiger partial charge on any atom is -0.507 e. The summed E-state index contributed by atoms with van der Waals surface area (Å²) in [5.41, 5.74) is 5.63. The maximum absolute atomic E-state index is 11.6. The molecule has 0 spiro atoms. The van der Waals surface area contributed by atoms with Crippen molar-refractivity contribution in [3.8, 4) is 17.2 Å². The number of aromatic hydroxyl groups is 3. The molecule has 3 aromatic carbocycles. The van der Waals surface area contributed by atoms with Crippen LogP contribution in [-0.4, -0.2) is 15.3 Å². The zero-order chi connectivity index (χ0) is 30.4. The predicted molar refractivity (Wildman–Crippen MR) is 169 cm³/mol. The predicted octanol–water partition coefficient (Wildman–Crippen LogP) is 9.20. The van der Waals surface area contributed by atoms with Crippen molar-refractivity contribution in [3.63, 3.8) is 0 Å². The first-order valence-electron chi connectivity index (χ1n) is 14.4. The second-order valence-corrected chi connectivity index (χ2v) is 15.4. The van der Waals surface area contributed by atoms with Gasteiger partial charge in [0.25, 0.3) is 0 Å². The molecule has 218 valence electrons. The molecule has 0 radical (unpaired) electrons. The molecule has 0 aliphatic heterocycles. The van der Waals surface area contributed by atoms with Crippen LogP contribution in [-0.2, 0) is 34.7 Å². The van der Waals surface area contributed by atoms with E-state index in [4.69, 9.17) is 0 Å². The molecule has 40 heavy (non-hydrogen) atoms. The Morgan fingerprint density at radius 3 is 1.23 bits per heavy atom. The highest BCUT2D eigenvalue weighted by molar-refractivity contribution is 5.61. The van der Waals surface area contributed by atoms with E-state index in [0.29, 0.717) is 18.8 Å². The van der Waals surface area contributed by atoms with Gasteiger partial charge in [-0.25, -0.2) is 0 Å². The Bertz CT molecular complexity index is 1280. The van der Waals surface area contributed by atoms with Gasteiger partial charge in [0, 0.05) is 24.2 Å². The smallest absolute Gasteiger partial charge is 0.138 e. The van der Waals surface area contributed by atoms with Crippen LogP contribution in [0.3, 0.4) is 0 Å². The van der Waals surface area contributed by atoms with E-state index in [2.05, 4.69) is 112 Å². The van der Waals surface area contributed by atoms with Crippen molar-refractivity contribution < 1.29 is 15.3 Å². The highest BCUT2D eigenvalue weighted by atomic mass is 16.3. The molecule has 0 amide bonds. The zero-order valence-electron chi connectivity index (χ0n) is 26.8. The molecule has 0 unspecified atom stereocenters. The summed E-state index contributed by atoms with van der Waals surface area (Å²) in [6, 6.07) is 15.7. The topological polar surface area (TPSA) is 63.9 Å². The van der Waals surface area contributed by atoms with Crippen molar-refractivity contribution in [1.82, 2.24) is 0 Å². The lowest BCUT2D eigenvalue weighted by atomic mass is 9.78. The van der Waals surface area contributed by atoms with Crippen molar-refractivity contribution in [1.29, 1.82) is 0 Å².